The summed E-state index contributed by atoms with van der Waals surface area (Å²) in [7, 11) is -3.77. The Morgan fingerprint density at radius 1 is 1.03 bits per heavy atom. The van der Waals surface area contributed by atoms with Crippen molar-refractivity contribution in [3.8, 4) is 0 Å². The van der Waals surface area contributed by atoms with E-state index in [1.165, 1.54) is 33.5 Å². The zero-order valence-corrected chi connectivity index (χ0v) is 17.3. The first-order valence-electron chi connectivity index (χ1n) is 9.02. The molecule has 3 rings (SSSR count). The Balaban J connectivity index is 1.57. The van der Waals surface area contributed by atoms with E-state index in [1.54, 1.807) is 12.1 Å². The van der Waals surface area contributed by atoms with Crippen LogP contribution in [0, 0.1) is 0 Å². The molecule has 30 heavy (non-hydrogen) atoms. The number of alkyl halides is 3. The highest BCUT2D eigenvalue weighted by Crippen LogP contribution is 2.30. The van der Waals surface area contributed by atoms with Gasteiger partial charge in [0.25, 0.3) is 0 Å². The number of rotatable bonds is 5. The van der Waals surface area contributed by atoms with Crippen LogP contribution in [0.25, 0.3) is 0 Å². The van der Waals surface area contributed by atoms with E-state index in [0.717, 1.165) is 12.1 Å². The van der Waals surface area contributed by atoms with Gasteiger partial charge < -0.3 is 10.2 Å². The molecule has 1 amide bonds. The maximum atomic E-state index is 12.8. The van der Waals surface area contributed by atoms with Gasteiger partial charge in [0.05, 0.1) is 17.1 Å². The van der Waals surface area contributed by atoms with Crippen molar-refractivity contribution in [2.75, 3.05) is 38.0 Å². The summed E-state index contributed by atoms with van der Waals surface area (Å²) in [6, 6.07) is 10.7. The number of piperazine rings is 1. The molecule has 1 heterocycles. The van der Waals surface area contributed by atoms with Gasteiger partial charge in [0.2, 0.25) is 15.9 Å². The molecule has 1 N–H and O–H groups in total. The maximum absolute atomic E-state index is 12.8. The van der Waals surface area contributed by atoms with Gasteiger partial charge >= 0.3 is 6.18 Å². The number of halogens is 4. The molecule has 0 aromatic heterocycles. The maximum Gasteiger partial charge on any atom is 0.416 e. The van der Waals surface area contributed by atoms with E-state index in [1.807, 2.05) is 0 Å². The Bertz CT molecular complexity index is 1020. The lowest BCUT2D eigenvalue weighted by Gasteiger charge is -2.34. The van der Waals surface area contributed by atoms with Gasteiger partial charge in [-0.25, -0.2) is 8.42 Å². The Labute approximate surface area is 177 Å². The Morgan fingerprint density at radius 3 is 2.33 bits per heavy atom. The molecule has 2 aromatic rings. The lowest BCUT2D eigenvalue weighted by molar-refractivity contribution is -0.137. The van der Waals surface area contributed by atoms with Gasteiger partial charge in [0.1, 0.15) is 4.90 Å². The smallest absolute Gasteiger partial charge is 0.376 e. The Morgan fingerprint density at radius 2 is 1.70 bits per heavy atom. The average molecular weight is 462 g/mol. The standard InChI is InChI=1S/C19H19ClF3N3O3S/c20-16-6-1-2-7-17(16)30(28,29)26-10-8-25(9-11-26)18(27)13-24-15-5-3-4-14(12-15)19(21,22)23/h1-7,12,24H,8-11,13H2. The highest BCUT2D eigenvalue weighted by Gasteiger charge is 2.32. The lowest BCUT2D eigenvalue weighted by atomic mass is 10.2. The zero-order valence-electron chi connectivity index (χ0n) is 15.7. The SMILES string of the molecule is O=C(CNc1cccc(C(F)(F)F)c1)N1CCN(S(=O)(=O)c2ccccc2Cl)CC1. The minimum atomic E-state index is -4.47. The molecular formula is C19H19ClF3N3O3S. The van der Waals surface area contributed by atoms with Crippen molar-refractivity contribution in [3.63, 3.8) is 0 Å². The van der Waals surface area contributed by atoms with Crippen LogP contribution in [0.1, 0.15) is 5.56 Å². The molecule has 1 fully saturated rings. The van der Waals surface area contributed by atoms with Crippen molar-refractivity contribution in [1.82, 2.24) is 9.21 Å². The van der Waals surface area contributed by atoms with E-state index in [-0.39, 0.29) is 54.2 Å². The number of nitrogens with one attached hydrogen (secondary N) is 1. The van der Waals surface area contributed by atoms with Crippen molar-refractivity contribution in [2.45, 2.75) is 11.1 Å². The Kier molecular flexibility index (Phi) is 6.59. The van der Waals surface area contributed by atoms with Gasteiger partial charge in [-0.2, -0.15) is 17.5 Å². The fraction of sp³-hybridized carbons (Fsp3) is 0.316. The number of amides is 1. The van der Waals surface area contributed by atoms with Gasteiger partial charge in [0.15, 0.2) is 0 Å². The predicted octanol–water partition coefficient (Wildman–Crippen LogP) is 3.30. The summed E-state index contributed by atoms with van der Waals surface area (Å²) in [4.78, 5) is 13.9. The van der Waals surface area contributed by atoms with E-state index in [2.05, 4.69) is 5.32 Å². The summed E-state index contributed by atoms with van der Waals surface area (Å²) in [6.07, 6.45) is -4.47. The normalized spacial score (nSPS) is 15.8. The molecule has 0 aliphatic carbocycles. The van der Waals surface area contributed by atoms with Gasteiger partial charge in [-0.3, -0.25) is 4.79 Å². The van der Waals surface area contributed by atoms with Crippen LogP contribution in [0.15, 0.2) is 53.4 Å². The molecule has 1 saturated heterocycles. The van der Waals surface area contributed by atoms with Crippen molar-refractivity contribution in [2.24, 2.45) is 0 Å². The topological polar surface area (TPSA) is 69.7 Å². The minimum absolute atomic E-state index is 0.0117. The van der Waals surface area contributed by atoms with Crippen molar-refractivity contribution in [3.05, 3.63) is 59.1 Å². The second kappa shape index (κ2) is 8.83. The van der Waals surface area contributed by atoms with Crippen LogP contribution < -0.4 is 5.32 Å². The molecule has 0 bridgehead atoms. The number of carbonyl (C=O) groups is 1. The second-order valence-corrected chi connectivity index (χ2v) is 8.96. The summed E-state index contributed by atoms with van der Waals surface area (Å²) in [5.41, 5.74) is -0.628. The van der Waals surface area contributed by atoms with Crippen LogP contribution in [0.4, 0.5) is 18.9 Å². The second-order valence-electron chi connectivity index (χ2n) is 6.65. The van der Waals surface area contributed by atoms with Crippen LogP contribution in [0.3, 0.4) is 0 Å². The van der Waals surface area contributed by atoms with Crippen LogP contribution in [-0.2, 0) is 21.0 Å². The van der Waals surface area contributed by atoms with Crippen molar-refractivity contribution in [1.29, 1.82) is 0 Å². The van der Waals surface area contributed by atoms with Gasteiger partial charge in [0, 0.05) is 31.9 Å². The largest absolute Gasteiger partial charge is 0.416 e. The minimum Gasteiger partial charge on any atom is -0.376 e. The predicted molar refractivity (Wildman–Crippen MR) is 107 cm³/mol. The van der Waals surface area contributed by atoms with Crippen LogP contribution in [0.2, 0.25) is 5.02 Å². The molecule has 0 atom stereocenters. The number of hydrogen-bond donors (Lipinski definition) is 1. The molecular weight excluding hydrogens is 443 g/mol. The highest BCUT2D eigenvalue weighted by molar-refractivity contribution is 7.89. The van der Waals surface area contributed by atoms with E-state index in [0.29, 0.717) is 0 Å². The number of benzene rings is 2. The molecule has 2 aromatic carbocycles. The van der Waals surface area contributed by atoms with Crippen LogP contribution >= 0.6 is 11.6 Å². The third-order valence-electron chi connectivity index (χ3n) is 4.68. The van der Waals surface area contributed by atoms with E-state index in [9.17, 15) is 26.4 Å². The zero-order chi connectivity index (χ0) is 21.9. The van der Waals surface area contributed by atoms with Crippen molar-refractivity contribution < 1.29 is 26.4 Å². The van der Waals surface area contributed by atoms with Gasteiger partial charge in [-0.15, -0.1) is 0 Å². The number of nitrogens with zero attached hydrogens (tertiary/aromatic N) is 2. The summed E-state index contributed by atoms with van der Waals surface area (Å²) in [6.45, 7) is 0.351. The lowest BCUT2D eigenvalue weighted by Crippen LogP contribution is -2.51. The summed E-state index contributed by atoms with van der Waals surface area (Å²) < 4.78 is 65.1. The van der Waals surface area contributed by atoms with Crippen molar-refractivity contribution >= 4 is 33.2 Å². The van der Waals surface area contributed by atoms with Gasteiger partial charge in [-0.05, 0) is 30.3 Å². The third-order valence-corrected chi connectivity index (χ3v) is 7.08. The van der Waals surface area contributed by atoms with E-state index >= 15 is 0 Å². The summed E-state index contributed by atoms with van der Waals surface area (Å²) in [5.74, 6) is -0.331. The highest BCUT2D eigenvalue weighted by atomic mass is 35.5. The van der Waals surface area contributed by atoms with Crippen LogP contribution in [-0.4, -0.2) is 56.3 Å². The molecule has 0 saturated carbocycles. The van der Waals surface area contributed by atoms with Gasteiger partial charge in [-0.1, -0.05) is 29.8 Å². The van der Waals surface area contributed by atoms with E-state index in [4.69, 9.17) is 11.6 Å². The number of carbonyl (C=O) groups excluding carboxylic acids is 1. The fourth-order valence-electron chi connectivity index (χ4n) is 3.07. The molecule has 0 unspecified atom stereocenters. The molecule has 11 heteroatoms. The number of sulfonamides is 1. The Hall–Kier alpha value is -2.30. The summed E-state index contributed by atoms with van der Waals surface area (Å²) in [5, 5.41) is 2.81. The van der Waals surface area contributed by atoms with Crippen LogP contribution in [0.5, 0.6) is 0 Å². The molecule has 6 nitrogen and oxygen atoms in total. The molecule has 1 aliphatic rings. The number of hydrogen-bond acceptors (Lipinski definition) is 4. The molecule has 0 radical (unpaired) electrons. The molecule has 0 spiro atoms. The molecule has 1 aliphatic heterocycles. The first kappa shape index (κ1) is 22.4. The summed E-state index contributed by atoms with van der Waals surface area (Å²) >= 11 is 6.00. The first-order chi connectivity index (χ1) is 14.1. The average Bonchev–Trinajstić information content (AvgIpc) is 2.72. The first-order valence-corrected chi connectivity index (χ1v) is 10.8. The van der Waals surface area contributed by atoms with E-state index < -0.39 is 21.8 Å². The quantitative estimate of drug-likeness (QED) is 0.741. The third kappa shape index (κ3) is 5.05. The molecule has 162 valence electrons. The number of anilines is 1. The monoisotopic (exact) mass is 461 g/mol. The fourth-order valence-corrected chi connectivity index (χ4v) is 4.98.